The maximum atomic E-state index is 12.2. The van der Waals surface area contributed by atoms with E-state index in [2.05, 4.69) is 10.5 Å². The molecule has 0 spiro atoms. The molecule has 110 valence electrons. The Labute approximate surface area is 127 Å². The molecule has 5 nitrogen and oxygen atoms in total. The number of para-hydroxylation sites is 2. The zero-order valence-electron chi connectivity index (χ0n) is 11.9. The lowest BCUT2D eigenvalue weighted by Gasteiger charge is -2.07. The summed E-state index contributed by atoms with van der Waals surface area (Å²) in [6, 6.07) is 18.3. The van der Waals surface area contributed by atoms with Crippen molar-refractivity contribution >= 4 is 11.6 Å². The molecule has 3 rings (SSSR count). The topological polar surface area (TPSA) is 64.4 Å². The number of nitrogens with one attached hydrogen (secondary N) is 1. The Hall–Kier alpha value is -3.08. The number of benzene rings is 2. The van der Waals surface area contributed by atoms with Gasteiger partial charge in [-0.25, -0.2) is 0 Å². The van der Waals surface area contributed by atoms with Crippen LogP contribution >= 0.6 is 0 Å². The van der Waals surface area contributed by atoms with E-state index in [4.69, 9.17) is 9.26 Å². The van der Waals surface area contributed by atoms with E-state index in [-0.39, 0.29) is 11.7 Å². The maximum Gasteiger partial charge on any atom is 0.294 e. The van der Waals surface area contributed by atoms with Crippen LogP contribution in [0.1, 0.15) is 10.6 Å². The highest BCUT2D eigenvalue weighted by Crippen LogP contribution is 2.24. The Morgan fingerprint density at radius 2 is 1.82 bits per heavy atom. The van der Waals surface area contributed by atoms with E-state index in [9.17, 15) is 4.79 Å². The molecule has 1 aromatic heterocycles. The zero-order valence-corrected chi connectivity index (χ0v) is 11.9. The van der Waals surface area contributed by atoms with Gasteiger partial charge in [-0.15, -0.1) is 0 Å². The van der Waals surface area contributed by atoms with E-state index in [1.54, 1.807) is 25.3 Å². The van der Waals surface area contributed by atoms with Crippen LogP contribution in [0.2, 0.25) is 0 Å². The first-order chi connectivity index (χ1) is 10.8. The van der Waals surface area contributed by atoms with Crippen LogP contribution in [0.5, 0.6) is 5.75 Å². The molecule has 0 fully saturated rings. The number of anilines is 1. The van der Waals surface area contributed by atoms with Gasteiger partial charge < -0.3 is 14.6 Å². The number of nitrogens with zero attached hydrogens (tertiary/aromatic N) is 1. The number of rotatable bonds is 4. The zero-order chi connectivity index (χ0) is 15.4. The smallest absolute Gasteiger partial charge is 0.294 e. The van der Waals surface area contributed by atoms with Crippen molar-refractivity contribution in [2.24, 2.45) is 0 Å². The molecule has 0 aliphatic carbocycles. The lowest BCUT2D eigenvalue weighted by Crippen LogP contribution is -2.11. The summed E-state index contributed by atoms with van der Waals surface area (Å²) in [5, 5.41) is 6.67. The number of carbonyl (C=O) groups excluding carboxylic acids is 1. The van der Waals surface area contributed by atoms with Crippen LogP contribution in [0.3, 0.4) is 0 Å². The van der Waals surface area contributed by atoms with Gasteiger partial charge in [-0.3, -0.25) is 4.79 Å². The second kappa shape index (κ2) is 6.13. The van der Waals surface area contributed by atoms with Crippen molar-refractivity contribution in [1.29, 1.82) is 0 Å². The minimum Gasteiger partial charge on any atom is -0.495 e. The fraction of sp³-hybridized carbons (Fsp3) is 0.0588. The number of hydrogen-bond donors (Lipinski definition) is 1. The molecule has 0 saturated heterocycles. The van der Waals surface area contributed by atoms with Crippen molar-refractivity contribution in [3.63, 3.8) is 0 Å². The molecule has 0 aliphatic rings. The molecule has 3 aromatic rings. The van der Waals surface area contributed by atoms with Crippen molar-refractivity contribution in [3.05, 3.63) is 66.4 Å². The van der Waals surface area contributed by atoms with Gasteiger partial charge >= 0.3 is 0 Å². The molecule has 1 amide bonds. The number of amides is 1. The van der Waals surface area contributed by atoms with Crippen LogP contribution in [0.25, 0.3) is 11.3 Å². The highest BCUT2D eigenvalue weighted by atomic mass is 16.5. The predicted molar refractivity (Wildman–Crippen MR) is 82.9 cm³/mol. The van der Waals surface area contributed by atoms with Crippen LogP contribution in [-0.2, 0) is 0 Å². The average molecular weight is 294 g/mol. The number of carbonyl (C=O) groups is 1. The molecular weight excluding hydrogens is 280 g/mol. The van der Waals surface area contributed by atoms with Crippen molar-refractivity contribution in [3.8, 4) is 17.0 Å². The summed E-state index contributed by atoms with van der Waals surface area (Å²) in [6.07, 6.45) is 0. The lowest BCUT2D eigenvalue weighted by atomic mass is 10.1. The second-order valence-corrected chi connectivity index (χ2v) is 4.60. The quantitative estimate of drug-likeness (QED) is 0.798. The standard InChI is InChI=1S/C17H14N2O3/c1-21-15-10-6-5-9-13(15)18-17(20)16-11-14(19-22-16)12-7-3-2-4-8-12/h2-11H,1H3,(H,18,20). The van der Waals surface area contributed by atoms with Gasteiger partial charge in [0.05, 0.1) is 12.8 Å². The molecule has 22 heavy (non-hydrogen) atoms. The first-order valence-corrected chi connectivity index (χ1v) is 6.74. The van der Waals surface area contributed by atoms with E-state index in [0.29, 0.717) is 17.1 Å². The van der Waals surface area contributed by atoms with E-state index in [1.165, 1.54) is 0 Å². The van der Waals surface area contributed by atoms with Crippen LogP contribution in [0.4, 0.5) is 5.69 Å². The van der Waals surface area contributed by atoms with Crippen LogP contribution in [0, 0.1) is 0 Å². The molecule has 0 atom stereocenters. The largest absolute Gasteiger partial charge is 0.495 e. The van der Waals surface area contributed by atoms with Gasteiger partial charge in [0, 0.05) is 11.6 Å². The molecular formula is C17H14N2O3. The highest BCUT2D eigenvalue weighted by Gasteiger charge is 2.15. The minimum absolute atomic E-state index is 0.143. The van der Waals surface area contributed by atoms with Gasteiger partial charge in [0.15, 0.2) is 0 Å². The molecule has 1 heterocycles. The number of aromatic nitrogens is 1. The summed E-state index contributed by atoms with van der Waals surface area (Å²) >= 11 is 0. The molecule has 0 unspecified atom stereocenters. The Morgan fingerprint density at radius 3 is 2.59 bits per heavy atom. The molecule has 2 aromatic carbocycles. The lowest BCUT2D eigenvalue weighted by molar-refractivity contribution is 0.0987. The first kappa shape index (κ1) is 13.9. The number of ether oxygens (including phenoxy) is 1. The third-order valence-corrected chi connectivity index (χ3v) is 3.16. The van der Waals surface area contributed by atoms with E-state index >= 15 is 0 Å². The van der Waals surface area contributed by atoms with Gasteiger partial charge in [0.2, 0.25) is 5.76 Å². The van der Waals surface area contributed by atoms with Gasteiger partial charge in [-0.05, 0) is 12.1 Å². The average Bonchev–Trinajstić information content (AvgIpc) is 3.06. The fourth-order valence-electron chi connectivity index (χ4n) is 2.06. The summed E-state index contributed by atoms with van der Waals surface area (Å²) < 4.78 is 10.3. The van der Waals surface area contributed by atoms with Crippen molar-refractivity contribution in [1.82, 2.24) is 5.16 Å². The molecule has 5 heteroatoms. The molecule has 0 radical (unpaired) electrons. The molecule has 1 N–H and O–H groups in total. The molecule has 0 saturated carbocycles. The first-order valence-electron chi connectivity index (χ1n) is 6.74. The van der Waals surface area contributed by atoms with Gasteiger partial charge in [-0.1, -0.05) is 47.6 Å². The van der Waals surface area contributed by atoms with Gasteiger partial charge in [0.1, 0.15) is 11.4 Å². The minimum atomic E-state index is -0.376. The van der Waals surface area contributed by atoms with Crippen LogP contribution in [-0.4, -0.2) is 18.2 Å². The number of hydrogen-bond acceptors (Lipinski definition) is 4. The SMILES string of the molecule is COc1ccccc1NC(=O)c1cc(-c2ccccc2)no1. The third kappa shape index (κ3) is 2.83. The number of methoxy groups -OCH3 is 1. The fourth-order valence-corrected chi connectivity index (χ4v) is 2.06. The molecule has 0 bridgehead atoms. The summed E-state index contributed by atoms with van der Waals surface area (Å²) in [6.45, 7) is 0. The van der Waals surface area contributed by atoms with E-state index in [1.807, 2.05) is 42.5 Å². The Balaban J connectivity index is 1.80. The van der Waals surface area contributed by atoms with E-state index < -0.39 is 0 Å². The van der Waals surface area contributed by atoms with Gasteiger partial charge in [0.25, 0.3) is 5.91 Å². The third-order valence-electron chi connectivity index (χ3n) is 3.16. The van der Waals surface area contributed by atoms with Crippen LogP contribution in [0.15, 0.2) is 65.2 Å². The monoisotopic (exact) mass is 294 g/mol. The predicted octanol–water partition coefficient (Wildman–Crippen LogP) is 3.60. The second-order valence-electron chi connectivity index (χ2n) is 4.60. The Morgan fingerprint density at radius 1 is 1.09 bits per heavy atom. The highest BCUT2D eigenvalue weighted by molar-refractivity contribution is 6.03. The van der Waals surface area contributed by atoms with Crippen molar-refractivity contribution < 1.29 is 14.1 Å². The summed E-state index contributed by atoms with van der Waals surface area (Å²) in [7, 11) is 1.55. The summed E-state index contributed by atoms with van der Waals surface area (Å²) in [4.78, 5) is 12.2. The molecule has 0 aliphatic heterocycles. The Bertz CT molecular complexity index is 781. The summed E-state index contributed by atoms with van der Waals surface area (Å²) in [5.74, 6) is 0.350. The normalized spacial score (nSPS) is 10.2. The summed E-state index contributed by atoms with van der Waals surface area (Å²) in [5.41, 5.74) is 2.08. The van der Waals surface area contributed by atoms with Crippen molar-refractivity contribution in [2.75, 3.05) is 12.4 Å². The van der Waals surface area contributed by atoms with E-state index in [0.717, 1.165) is 5.56 Å². The van der Waals surface area contributed by atoms with Crippen LogP contribution < -0.4 is 10.1 Å². The van der Waals surface area contributed by atoms with Crippen molar-refractivity contribution in [2.45, 2.75) is 0 Å². The Kier molecular flexibility index (Phi) is 3.87. The van der Waals surface area contributed by atoms with Gasteiger partial charge in [-0.2, -0.15) is 0 Å². The maximum absolute atomic E-state index is 12.2.